The molecular weight excluding hydrogens is 174 g/mol. The maximum absolute atomic E-state index is 11.8. The Morgan fingerprint density at radius 3 is 2.07 bits per heavy atom. The van der Waals surface area contributed by atoms with Crippen LogP contribution in [0.2, 0.25) is 0 Å². The van der Waals surface area contributed by atoms with E-state index < -0.39 is 0 Å². The third-order valence-electron chi connectivity index (χ3n) is 2.80. The van der Waals surface area contributed by atoms with E-state index in [1.165, 1.54) is 0 Å². The molecular formula is C12H25NO. The molecule has 0 heterocycles. The highest BCUT2D eigenvalue weighted by Crippen LogP contribution is 2.16. The van der Waals surface area contributed by atoms with Crippen molar-refractivity contribution in [1.29, 1.82) is 0 Å². The van der Waals surface area contributed by atoms with Crippen molar-refractivity contribution >= 4 is 5.78 Å². The summed E-state index contributed by atoms with van der Waals surface area (Å²) in [7, 11) is 0. The van der Waals surface area contributed by atoms with Gasteiger partial charge in [-0.2, -0.15) is 0 Å². The number of hydrogen-bond acceptors (Lipinski definition) is 2. The van der Waals surface area contributed by atoms with Crippen molar-refractivity contribution in [3.8, 4) is 0 Å². The van der Waals surface area contributed by atoms with Gasteiger partial charge in [-0.05, 0) is 19.9 Å². The summed E-state index contributed by atoms with van der Waals surface area (Å²) < 4.78 is 0. The third-order valence-corrected chi connectivity index (χ3v) is 2.80. The molecule has 0 rings (SSSR count). The normalized spacial score (nSPS) is 14.5. The molecule has 0 aromatic heterocycles. The van der Waals surface area contributed by atoms with Crippen molar-refractivity contribution in [2.45, 2.75) is 54.0 Å². The Balaban J connectivity index is 4.26. The maximum Gasteiger partial charge on any atom is 0.152 e. The van der Waals surface area contributed by atoms with Crippen molar-refractivity contribution in [3.63, 3.8) is 0 Å². The van der Waals surface area contributed by atoms with Gasteiger partial charge in [0.2, 0.25) is 0 Å². The molecule has 0 aromatic carbocycles. The topological polar surface area (TPSA) is 20.3 Å². The van der Waals surface area contributed by atoms with E-state index in [0.29, 0.717) is 18.4 Å². The number of nitrogens with zero attached hydrogens (tertiary/aromatic N) is 1. The van der Waals surface area contributed by atoms with E-state index in [9.17, 15) is 4.79 Å². The summed E-state index contributed by atoms with van der Waals surface area (Å²) in [5, 5.41) is 0. The summed E-state index contributed by atoms with van der Waals surface area (Å²) in [4.78, 5) is 14.1. The van der Waals surface area contributed by atoms with Crippen LogP contribution in [0.15, 0.2) is 0 Å². The lowest BCUT2D eigenvalue weighted by molar-refractivity contribution is -0.127. The average Bonchev–Trinajstić information content (AvgIpc) is 2.10. The van der Waals surface area contributed by atoms with E-state index in [2.05, 4.69) is 25.7 Å². The van der Waals surface area contributed by atoms with Gasteiger partial charge in [-0.15, -0.1) is 0 Å². The van der Waals surface area contributed by atoms with E-state index >= 15 is 0 Å². The molecule has 2 heteroatoms. The molecule has 0 spiro atoms. The summed E-state index contributed by atoms with van der Waals surface area (Å²) in [6.45, 7) is 14.0. The molecule has 1 atom stereocenters. The first-order valence-corrected chi connectivity index (χ1v) is 5.60. The number of rotatable bonds is 5. The first-order valence-electron chi connectivity index (χ1n) is 5.60. The molecule has 0 amide bonds. The Morgan fingerprint density at radius 1 is 1.29 bits per heavy atom. The van der Waals surface area contributed by atoms with Gasteiger partial charge in [0.1, 0.15) is 0 Å². The van der Waals surface area contributed by atoms with E-state index in [-0.39, 0.29) is 5.41 Å². The van der Waals surface area contributed by atoms with Crippen LogP contribution in [-0.4, -0.2) is 29.8 Å². The summed E-state index contributed by atoms with van der Waals surface area (Å²) in [5.74, 6) is 0.333. The highest BCUT2D eigenvalue weighted by molar-refractivity contribution is 5.85. The number of carbonyl (C=O) groups is 1. The van der Waals surface area contributed by atoms with E-state index in [1.54, 1.807) is 0 Å². The minimum Gasteiger partial charge on any atom is -0.298 e. The zero-order valence-electron chi connectivity index (χ0n) is 10.6. The second-order valence-corrected chi connectivity index (χ2v) is 4.99. The van der Waals surface area contributed by atoms with E-state index in [4.69, 9.17) is 0 Å². The Kier molecular flexibility index (Phi) is 5.35. The SMILES string of the molecule is CCC(C)N(CC)CC(=O)C(C)(C)C. The van der Waals surface area contributed by atoms with Crippen LogP contribution in [0.1, 0.15) is 48.0 Å². The van der Waals surface area contributed by atoms with E-state index in [1.807, 2.05) is 20.8 Å². The van der Waals surface area contributed by atoms with Gasteiger partial charge >= 0.3 is 0 Å². The molecule has 0 aliphatic rings. The lowest BCUT2D eigenvalue weighted by Crippen LogP contribution is -2.40. The van der Waals surface area contributed by atoms with Gasteiger partial charge in [0.05, 0.1) is 6.54 Å². The zero-order valence-corrected chi connectivity index (χ0v) is 10.6. The summed E-state index contributed by atoms with van der Waals surface area (Å²) >= 11 is 0. The van der Waals surface area contributed by atoms with Crippen LogP contribution in [0.4, 0.5) is 0 Å². The number of Topliss-reactive ketones (excluding diaryl/α,β-unsaturated/α-hetero) is 1. The fraction of sp³-hybridized carbons (Fsp3) is 0.917. The van der Waals surface area contributed by atoms with Crippen LogP contribution >= 0.6 is 0 Å². The van der Waals surface area contributed by atoms with Gasteiger partial charge in [-0.3, -0.25) is 9.69 Å². The summed E-state index contributed by atoms with van der Waals surface area (Å²) in [6, 6.07) is 0.506. The van der Waals surface area contributed by atoms with Gasteiger partial charge in [-0.1, -0.05) is 34.6 Å². The molecule has 0 N–H and O–H groups in total. The fourth-order valence-corrected chi connectivity index (χ4v) is 1.26. The molecule has 0 aromatic rings. The van der Waals surface area contributed by atoms with Crippen molar-refractivity contribution < 1.29 is 4.79 Å². The molecule has 0 radical (unpaired) electrons. The molecule has 0 aliphatic heterocycles. The highest BCUT2D eigenvalue weighted by atomic mass is 16.1. The molecule has 0 saturated carbocycles. The van der Waals surface area contributed by atoms with Gasteiger partial charge in [0.25, 0.3) is 0 Å². The van der Waals surface area contributed by atoms with Crippen LogP contribution < -0.4 is 0 Å². The Morgan fingerprint density at radius 2 is 1.79 bits per heavy atom. The van der Waals surface area contributed by atoms with E-state index in [0.717, 1.165) is 13.0 Å². The van der Waals surface area contributed by atoms with Gasteiger partial charge < -0.3 is 0 Å². The van der Waals surface area contributed by atoms with Crippen LogP contribution in [0, 0.1) is 5.41 Å². The summed E-state index contributed by atoms with van der Waals surface area (Å²) in [5.41, 5.74) is -0.207. The quantitative estimate of drug-likeness (QED) is 0.678. The molecule has 1 unspecified atom stereocenters. The Bertz CT molecular complexity index is 181. The van der Waals surface area contributed by atoms with Crippen LogP contribution in [-0.2, 0) is 4.79 Å². The minimum absolute atomic E-state index is 0.207. The van der Waals surface area contributed by atoms with Gasteiger partial charge in [0.15, 0.2) is 5.78 Å². The van der Waals surface area contributed by atoms with Crippen LogP contribution in [0.5, 0.6) is 0 Å². The molecule has 14 heavy (non-hydrogen) atoms. The largest absolute Gasteiger partial charge is 0.298 e. The number of likely N-dealkylation sites (N-methyl/N-ethyl adjacent to an activating group) is 1. The molecule has 0 saturated heterocycles. The first-order chi connectivity index (χ1) is 6.32. The average molecular weight is 199 g/mol. The predicted molar refractivity (Wildman–Crippen MR) is 61.5 cm³/mol. The highest BCUT2D eigenvalue weighted by Gasteiger charge is 2.24. The van der Waals surface area contributed by atoms with Gasteiger partial charge in [0, 0.05) is 11.5 Å². The second-order valence-electron chi connectivity index (χ2n) is 4.99. The predicted octanol–water partition coefficient (Wildman–Crippen LogP) is 2.72. The van der Waals surface area contributed by atoms with Crippen LogP contribution in [0.25, 0.3) is 0 Å². The monoisotopic (exact) mass is 199 g/mol. The standard InChI is InChI=1S/C12H25NO/c1-7-10(3)13(8-2)9-11(14)12(4,5)6/h10H,7-9H2,1-6H3. The fourth-order valence-electron chi connectivity index (χ4n) is 1.26. The molecule has 84 valence electrons. The number of hydrogen-bond donors (Lipinski definition) is 0. The third kappa shape index (κ3) is 4.23. The Hall–Kier alpha value is -0.370. The molecule has 0 bridgehead atoms. The summed E-state index contributed by atoms with van der Waals surface area (Å²) in [6.07, 6.45) is 1.10. The molecule has 2 nitrogen and oxygen atoms in total. The van der Waals surface area contributed by atoms with Crippen molar-refractivity contribution in [3.05, 3.63) is 0 Å². The Labute approximate surface area is 88.7 Å². The first kappa shape index (κ1) is 13.6. The zero-order chi connectivity index (χ0) is 11.4. The minimum atomic E-state index is -0.207. The molecule has 0 aliphatic carbocycles. The van der Waals surface area contributed by atoms with Gasteiger partial charge in [-0.25, -0.2) is 0 Å². The number of ketones is 1. The smallest absolute Gasteiger partial charge is 0.152 e. The molecule has 0 fully saturated rings. The van der Waals surface area contributed by atoms with Crippen LogP contribution in [0.3, 0.4) is 0 Å². The van der Waals surface area contributed by atoms with Crippen molar-refractivity contribution in [2.24, 2.45) is 5.41 Å². The second kappa shape index (κ2) is 5.50. The van der Waals surface area contributed by atoms with Crippen molar-refractivity contribution in [1.82, 2.24) is 4.90 Å². The lowest BCUT2D eigenvalue weighted by Gasteiger charge is -2.29. The lowest BCUT2D eigenvalue weighted by atomic mass is 9.90. The maximum atomic E-state index is 11.8. The number of carbonyl (C=O) groups excluding carboxylic acids is 1. The van der Waals surface area contributed by atoms with Crippen molar-refractivity contribution in [2.75, 3.05) is 13.1 Å².